The number of benzene rings is 2. The average molecular weight is 245 g/mol. The Morgan fingerprint density at radius 1 is 1.06 bits per heavy atom. The van der Waals surface area contributed by atoms with Gasteiger partial charge in [0.15, 0.2) is 0 Å². The Labute approximate surface area is 106 Å². The number of halogens is 1. The molecule has 0 aliphatic heterocycles. The van der Waals surface area contributed by atoms with Crippen molar-refractivity contribution in [2.75, 3.05) is 12.8 Å². The number of nitrogens with two attached hydrogens (primary N) is 1. The Kier molecular flexibility index (Phi) is 3.24. The third-order valence-electron chi connectivity index (χ3n) is 3.02. The largest absolute Gasteiger partial charge is 0.495 e. The van der Waals surface area contributed by atoms with Crippen molar-refractivity contribution in [2.24, 2.45) is 0 Å². The normalized spacial score (nSPS) is 10.4. The summed E-state index contributed by atoms with van der Waals surface area (Å²) in [6.07, 6.45) is 0. The van der Waals surface area contributed by atoms with Crippen molar-refractivity contribution >= 4 is 5.69 Å². The van der Waals surface area contributed by atoms with Crippen LogP contribution in [0.2, 0.25) is 0 Å². The van der Waals surface area contributed by atoms with Gasteiger partial charge in [-0.3, -0.25) is 0 Å². The van der Waals surface area contributed by atoms with Crippen molar-refractivity contribution in [3.63, 3.8) is 0 Å². The van der Waals surface area contributed by atoms with Gasteiger partial charge in [0, 0.05) is 0 Å². The van der Waals surface area contributed by atoms with Gasteiger partial charge in [0.25, 0.3) is 0 Å². The van der Waals surface area contributed by atoms with Gasteiger partial charge in [-0.1, -0.05) is 6.07 Å². The number of methoxy groups -OCH3 is 1. The van der Waals surface area contributed by atoms with E-state index in [0.29, 0.717) is 11.4 Å². The van der Waals surface area contributed by atoms with E-state index < -0.39 is 0 Å². The summed E-state index contributed by atoms with van der Waals surface area (Å²) in [5.41, 5.74) is 10.3. The van der Waals surface area contributed by atoms with Crippen LogP contribution in [-0.2, 0) is 0 Å². The van der Waals surface area contributed by atoms with Crippen LogP contribution in [0.5, 0.6) is 5.75 Å². The topological polar surface area (TPSA) is 35.2 Å². The fourth-order valence-electron chi connectivity index (χ4n) is 2.26. The Morgan fingerprint density at radius 3 is 2.17 bits per heavy atom. The van der Waals surface area contributed by atoms with Crippen LogP contribution in [0.3, 0.4) is 0 Å². The van der Waals surface area contributed by atoms with Crippen molar-refractivity contribution in [1.82, 2.24) is 0 Å². The Morgan fingerprint density at radius 2 is 1.67 bits per heavy atom. The molecular weight excluding hydrogens is 229 g/mol. The quantitative estimate of drug-likeness (QED) is 0.819. The van der Waals surface area contributed by atoms with Gasteiger partial charge in [0.1, 0.15) is 11.6 Å². The molecule has 0 saturated heterocycles. The fourth-order valence-corrected chi connectivity index (χ4v) is 2.26. The first-order valence-corrected chi connectivity index (χ1v) is 5.73. The summed E-state index contributed by atoms with van der Waals surface area (Å²) >= 11 is 0. The van der Waals surface area contributed by atoms with Crippen molar-refractivity contribution in [1.29, 1.82) is 0 Å². The highest BCUT2D eigenvalue weighted by Crippen LogP contribution is 2.32. The van der Waals surface area contributed by atoms with E-state index in [-0.39, 0.29) is 5.82 Å². The highest BCUT2D eigenvalue weighted by Gasteiger charge is 2.09. The second-order valence-electron chi connectivity index (χ2n) is 4.37. The standard InChI is InChI=1S/C15H16FNO/c1-9-6-12(16)7-10(2)15(9)11-4-5-14(18-3)13(17)8-11/h4-8H,17H2,1-3H3. The lowest BCUT2D eigenvalue weighted by Crippen LogP contribution is -1.95. The smallest absolute Gasteiger partial charge is 0.141 e. The van der Waals surface area contributed by atoms with Crippen molar-refractivity contribution in [3.05, 3.63) is 47.3 Å². The zero-order chi connectivity index (χ0) is 13.3. The SMILES string of the molecule is COc1ccc(-c2c(C)cc(F)cc2C)cc1N. The minimum atomic E-state index is -0.213. The van der Waals surface area contributed by atoms with Gasteiger partial charge in [-0.05, 0) is 60.4 Å². The number of hydrogen-bond acceptors (Lipinski definition) is 2. The molecular formula is C15H16FNO. The molecule has 0 aliphatic rings. The van der Waals surface area contributed by atoms with Gasteiger partial charge in [0.05, 0.1) is 12.8 Å². The lowest BCUT2D eigenvalue weighted by atomic mass is 9.95. The van der Waals surface area contributed by atoms with Gasteiger partial charge in [-0.2, -0.15) is 0 Å². The molecule has 0 unspecified atom stereocenters. The molecule has 0 fully saturated rings. The highest BCUT2D eigenvalue weighted by atomic mass is 19.1. The van der Waals surface area contributed by atoms with Gasteiger partial charge < -0.3 is 10.5 Å². The molecule has 0 saturated carbocycles. The third-order valence-corrected chi connectivity index (χ3v) is 3.02. The molecule has 0 radical (unpaired) electrons. The van der Waals surface area contributed by atoms with Gasteiger partial charge in [-0.15, -0.1) is 0 Å². The molecule has 0 heterocycles. The molecule has 2 aromatic carbocycles. The number of aryl methyl sites for hydroxylation is 2. The highest BCUT2D eigenvalue weighted by molar-refractivity contribution is 5.75. The summed E-state index contributed by atoms with van der Waals surface area (Å²) in [5, 5.41) is 0. The van der Waals surface area contributed by atoms with Crippen LogP contribution in [0.1, 0.15) is 11.1 Å². The van der Waals surface area contributed by atoms with E-state index in [0.717, 1.165) is 22.3 Å². The van der Waals surface area contributed by atoms with Gasteiger partial charge in [-0.25, -0.2) is 4.39 Å². The van der Waals surface area contributed by atoms with Crippen LogP contribution in [0, 0.1) is 19.7 Å². The predicted octanol–water partition coefficient (Wildman–Crippen LogP) is 3.70. The van der Waals surface area contributed by atoms with Crippen LogP contribution < -0.4 is 10.5 Å². The minimum absolute atomic E-state index is 0.213. The average Bonchev–Trinajstić information content (AvgIpc) is 2.27. The molecule has 0 aliphatic carbocycles. The summed E-state index contributed by atoms with van der Waals surface area (Å²) in [5.74, 6) is 0.436. The third kappa shape index (κ3) is 2.16. The number of ether oxygens (including phenoxy) is 1. The van der Waals surface area contributed by atoms with E-state index in [4.69, 9.17) is 10.5 Å². The minimum Gasteiger partial charge on any atom is -0.495 e. The van der Waals surface area contributed by atoms with E-state index in [1.165, 1.54) is 12.1 Å². The van der Waals surface area contributed by atoms with E-state index in [1.807, 2.05) is 32.0 Å². The lowest BCUT2D eigenvalue weighted by molar-refractivity contribution is 0.417. The molecule has 2 nitrogen and oxygen atoms in total. The molecule has 0 bridgehead atoms. The molecule has 94 valence electrons. The van der Waals surface area contributed by atoms with E-state index in [2.05, 4.69) is 0 Å². The maximum Gasteiger partial charge on any atom is 0.141 e. The summed E-state index contributed by atoms with van der Waals surface area (Å²) in [6, 6.07) is 8.67. The van der Waals surface area contributed by atoms with Crippen LogP contribution in [0.25, 0.3) is 11.1 Å². The molecule has 18 heavy (non-hydrogen) atoms. The van der Waals surface area contributed by atoms with Crippen molar-refractivity contribution < 1.29 is 9.13 Å². The number of rotatable bonds is 2. The Bertz CT molecular complexity index is 570. The fraction of sp³-hybridized carbons (Fsp3) is 0.200. The maximum absolute atomic E-state index is 13.3. The molecule has 2 rings (SSSR count). The zero-order valence-corrected chi connectivity index (χ0v) is 10.8. The molecule has 2 N–H and O–H groups in total. The lowest BCUT2D eigenvalue weighted by Gasteiger charge is -2.12. The Balaban J connectivity index is 2.59. The predicted molar refractivity (Wildman–Crippen MR) is 72.3 cm³/mol. The van der Waals surface area contributed by atoms with Gasteiger partial charge >= 0.3 is 0 Å². The van der Waals surface area contributed by atoms with Crippen LogP contribution in [0.15, 0.2) is 30.3 Å². The second kappa shape index (κ2) is 4.69. The zero-order valence-electron chi connectivity index (χ0n) is 10.8. The summed E-state index contributed by atoms with van der Waals surface area (Å²) in [4.78, 5) is 0. The van der Waals surface area contributed by atoms with E-state index >= 15 is 0 Å². The summed E-state index contributed by atoms with van der Waals surface area (Å²) in [6.45, 7) is 3.79. The summed E-state index contributed by atoms with van der Waals surface area (Å²) in [7, 11) is 1.58. The van der Waals surface area contributed by atoms with Crippen LogP contribution in [0.4, 0.5) is 10.1 Å². The number of anilines is 1. The molecule has 2 aromatic rings. The number of hydrogen-bond donors (Lipinski definition) is 1. The second-order valence-corrected chi connectivity index (χ2v) is 4.37. The molecule has 0 amide bonds. The van der Waals surface area contributed by atoms with E-state index in [9.17, 15) is 4.39 Å². The summed E-state index contributed by atoms with van der Waals surface area (Å²) < 4.78 is 18.4. The van der Waals surface area contributed by atoms with E-state index in [1.54, 1.807) is 7.11 Å². The van der Waals surface area contributed by atoms with Crippen molar-refractivity contribution in [3.8, 4) is 16.9 Å². The first-order chi connectivity index (χ1) is 8.52. The Hall–Kier alpha value is -2.03. The van der Waals surface area contributed by atoms with Crippen LogP contribution in [-0.4, -0.2) is 7.11 Å². The van der Waals surface area contributed by atoms with Crippen LogP contribution >= 0.6 is 0 Å². The molecule has 0 spiro atoms. The first-order valence-electron chi connectivity index (χ1n) is 5.73. The number of nitrogen functional groups attached to an aromatic ring is 1. The molecule has 0 aromatic heterocycles. The molecule has 3 heteroatoms. The first kappa shape index (κ1) is 12.4. The monoisotopic (exact) mass is 245 g/mol. The molecule has 0 atom stereocenters. The van der Waals surface area contributed by atoms with Crippen molar-refractivity contribution in [2.45, 2.75) is 13.8 Å². The maximum atomic E-state index is 13.3. The van der Waals surface area contributed by atoms with Gasteiger partial charge in [0.2, 0.25) is 0 Å².